The Morgan fingerprint density at radius 1 is 1.38 bits per heavy atom. The van der Waals surface area contributed by atoms with Gasteiger partial charge in [0.1, 0.15) is 17.4 Å². The molecule has 2 atom stereocenters. The van der Waals surface area contributed by atoms with Crippen LogP contribution in [0.15, 0.2) is 18.3 Å². The average molecular weight is 356 g/mol. The van der Waals surface area contributed by atoms with E-state index in [9.17, 15) is 4.79 Å². The maximum atomic E-state index is 12.6. The van der Waals surface area contributed by atoms with Gasteiger partial charge < -0.3 is 14.2 Å². The Bertz CT molecular complexity index is 779. The third kappa shape index (κ3) is 3.47. The molecule has 2 aliphatic heterocycles. The van der Waals surface area contributed by atoms with Crippen molar-refractivity contribution in [2.75, 3.05) is 19.7 Å². The van der Waals surface area contributed by atoms with E-state index in [-0.39, 0.29) is 12.0 Å². The van der Waals surface area contributed by atoms with Gasteiger partial charge in [-0.2, -0.15) is 0 Å². The maximum absolute atomic E-state index is 12.6. The number of nitrogens with zero attached hydrogens (tertiary/aromatic N) is 4. The largest absolute Gasteiger partial charge is 0.368 e. The molecule has 0 unspecified atom stereocenters. The van der Waals surface area contributed by atoms with E-state index in [0.29, 0.717) is 11.8 Å². The summed E-state index contributed by atoms with van der Waals surface area (Å²) in [7, 11) is 0. The molecule has 0 saturated carbocycles. The van der Waals surface area contributed by atoms with E-state index in [1.165, 1.54) is 0 Å². The van der Waals surface area contributed by atoms with Crippen molar-refractivity contribution in [3.63, 3.8) is 0 Å². The topological polar surface area (TPSA) is 60.2 Å². The number of pyridine rings is 1. The number of imidazole rings is 1. The Kier molecular flexibility index (Phi) is 4.94. The van der Waals surface area contributed by atoms with Crippen LogP contribution in [0.5, 0.6) is 0 Å². The zero-order valence-corrected chi connectivity index (χ0v) is 15.7. The van der Waals surface area contributed by atoms with Crippen LogP contribution in [0, 0.1) is 11.8 Å². The first kappa shape index (κ1) is 17.5. The van der Waals surface area contributed by atoms with Crippen molar-refractivity contribution in [3.05, 3.63) is 24.2 Å². The molecule has 2 saturated heterocycles. The van der Waals surface area contributed by atoms with Crippen LogP contribution >= 0.6 is 0 Å². The van der Waals surface area contributed by atoms with E-state index in [1.54, 1.807) is 0 Å². The summed E-state index contributed by atoms with van der Waals surface area (Å²) in [5.41, 5.74) is 1.94. The number of fused-ring (bicyclic) bond motifs is 1. The van der Waals surface area contributed by atoms with Crippen LogP contribution in [-0.4, -0.2) is 51.1 Å². The molecule has 2 aromatic rings. The number of hydrogen-bond donors (Lipinski definition) is 0. The van der Waals surface area contributed by atoms with E-state index < -0.39 is 0 Å². The SMILES string of the molecule is CC(C)Cn1c(C[C@H]2CCN(C(=O)[C@H]3CCCO3)C2)nc2cccnc21. The van der Waals surface area contributed by atoms with Crippen LogP contribution in [0.25, 0.3) is 11.2 Å². The summed E-state index contributed by atoms with van der Waals surface area (Å²) in [4.78, 5) is 24.0. The number of likely N-dealkylation sites (tertiary alicyclic amines) is 1. The first-order valence-corrected chi connectivity index (χ1v) is 9.82. The number of carbonyl (C=O) groups is 1. The third-order valence-corrected chi connectivity index (χ3v) is 5.40. The normalized spacial score (nSPS) is 23.4. The number of carbonyl (C=O) groups excluding carboxylic acids is 1. The number of hydrogen-bond acceptors (Lipinski definition) is 4. The molecule has 2 fully saturated rings. The lowest BCUT2D eigenvalue weighted by molar-refractivity contribution is -0.139. The number of amides is 1. The van der Waals surface area contributed by atoms with Gasteiger partial charge in [0.15, 0.2) is 5.65 Å². The Hall–Kier alpha value is -1.95. The van der Waals surface area contributed by atoms with E-state index in [4.69, 9.17) is 9.72 Å². The zero-order chi connectivity index (χ0) is 18.1. The average Bonchev–Trinajstić information content (AvgIpc) is 3.36. The van der Waals surface area contributed by atoms with Crippen molar-refractivity contribution in [1.29, 1.82) is 0 Å². The van der Waals surface area contributed by atoms with Gasteiger partial charge in [-0.1, -0.05) is 13.8 Å². The highest BCUT2D eigenvalue weighted by molar-refractivity contribution is 5.81. The molecule has 2 aliphatic rings. The van der Waals surface area contributed by atoms with E-state index in [0.717, 1.165) is 68.9 Å². The molecule has 0 N–H and O–H groups in total. The predicted octanol–water partition coefficient (Wildman–Crippen LogP) is 2.66. The lowest BCUT2D eigenvalue weighted by atomic mass is 10.0. The van der Waals surface area contributed by atoms with Crippen molar-refractivity contribution < 1.29 is 9.53 Å². The third-order valence-electron chi connectivity index (χ3n) is 5.40. The molecule has 6 nitrogen and oxygen atoms in total. The van der Waals surface area contributed by atoms with Gasteiger partial charge in [-0.05, 0) is 43.2 Å². The standard InChI is InChI=1S/C20H28N4O2/c1-14(2)12-24-18(22-16-5-3-8-21-19(16)24)11-15-7-9-23(13-15)20(25)17-6-4-10-26-17/h3,5,8,14-15,17H,4,6-7,9-13H2,1-2H3/t15-,17-/m1/s1. The van der Waals surface area contributed by atoms with E-state index >= 15 is 0 Å². The summed E-state index contributed by atoms with van der Waals surface area (Å²) in [5, 5.41) is 0. The molecule has 0 spiro atoms. The van der Waals surface area contributed by atoms with Crippen molar-refractivity contribution in [1.82, 2.24) is 19.4 Å². The van der Waals surface area contributed by atoms with Crippen LogP contribution in [0.1, 0.15) is 38.9 Å². The van der Waals surface area contributed by atoms with E-state index in [2.05, 4.69) is 23.4 Å². The summed E-state index contributed by atoms with van der Waals surface area (Å²) in [6.45, 7) is 7.74. The summed E-state index contributed by atoms with van der Waals surface area (Å²) in [5.74, 6) is 2.28. The van der Waals surface area contributed by atoms with Gasteiger partial charge >= 0.3 is 0 Å². The van der Waals surface area contributed by atoms with E-state index in [1.807, 2.05) is 23.2 Å². The highest BCUT2D eigenvalue weighted by atomic mass is 16.5. The summed E-state index contributed by atoms with van der Waals surface area (Å²) < 4.78 is 7.84. The lowest BCUT2D eigenvalue weighted by Gasteiger charge is -2.20. The van der Waals surface area contributed by atoms with Crippen LogP contribution in [0.3, 0.4) is 0 Å². The highest BCUT2D eigenvalue weighted by Gasteiger charge is 2.33. The van der Waals surface area contributed by atoms with Gasteiger partial charge in [0, 0.05) is 38.9 Å². The van der Waals surface area contributed by atoms with Crippen molar-refractivity contribution >= 4 is 17.1 Å². The van der Waals surface area contributed by atoms with Crippen LogP contribution < -0.4 is 0 Å². The second-order valence-electron chi connectivity index (χ2n) is 8.02. The minimum atomic E-state index is -0.205. The Morgan fingerprint density at radius 3 is 3.04 bits per heavy atom. The second kappa shape index (κ2) is 7.35. The van der Waals surface area contributed by atoms with Gasteiger partial charge in [0.2, 0.25) is 0 Å². The van der Waals surface area contributed by atoms with Gasteiger partial charge in [-0.15, -0.1) is 0 Å². The van der Waals surface area contributed by atoms with Gasteiger partial charge in [0.25, 0.3) is 5.91 Å². The van der Waals surface area contributed by atoms with Gasteiger partial charge in [-0.25, -0.2) is 9.97 Å². The monoisotopic (exact) mass is 356 g/mol. The molecule has 0 bridgehead atoms. The van der Waals surface area contributed by atoms with Crippen LogP contribution in [0.2, 0.25) is 0 Å². The fraction of sp³-hybridized carbons (Fsp3) is 0.650. The fourth-order valence-corrected chi connectivity index (χ4v) is 4.15. The first-order valence-electron chi connectivity index (χ1n) is 9.82. The molecule has 4 heterocycles. The predicted molar refractivity (Wildman–Crippen MR) is 99.7 cm³/mol. The maximum Gasteiger partial charge on any atom is 0.251 e. The molecule has 6 heteroatoms. The Labute approximate surface area is 154 Å². The lowest BCUT2D eigenvalue weighted by Crippen LogP contribution is -2.37. The van der Waals surface area contributed by atoms with Crippen LogP contribution in [-0.2, 0) is 22.5 Å². The highest BCUT2D eigenvalue weighted by Crippen LogP contribution is 2.25. The molecule has 2 aromatic heterocycles. The zero-order valence-electron chi connectivity index (χ0n) is 15.7. The molecule has 4 rings (SSSR count). The van der Waals surface area contributed by atoms with Crippen LogP contribution in [0.4, 0.5) is 0 Å². The molecule has 0 aromatic carbocycles. The quantitative estimate of drug-likeness (QED) is 0.826. The van der Waals surface area contributed by atoms with Gasteiger partial charge in [-0.3, -0.25) is 4.79 Å². The summed E-state index contributed by atoms with van der Waals surface area (Å²) in [6, 6.07) is 3.97. The molecule has 1 amide bonds. The van der Waals surface area contributed by atoms with Crippen molar-refractivity contribution in [2.45, 2.75) is 52.2 Å². The molecule has 0 aliphatic carbocycles. The molecule has 0 radical (unpaired) electrons. The summed E-state index contributed by atoms with van der Waals surface area (Å²) in [6.07, 6.45) is 5.44. The second-order valence-corrected chi connectivity index (χ2v) is 8.02. The minimum absolute atomic E-state index is 0.183. The van der Waals surface area contributed by atoms with Crippen molar-refractivity contribution in [2.24, 2.45) is 11.8 Å². The minimum Gasteiger partial charge on any atom is -0.368 e. The Balaban J connectivity index is 1.48. The fourth-order valence-electron chi connectivity index (χ4n) is 4.15. The number of aromatic nitrogens is 3. The Morgan fingerprint density at radius 2 is 2.27 bits per heavy atom. The summed E-state index contributed by atoms with van der Waals surface area (Å²) >= 11 is 0. The molecule has 140 valence electrons. The van der Waals surface area contributed by atoms with Gasteiger partial charge in [0.05, 0.1) is 0 Å². The first-order chi connectivity index (χ1) is 12.6. The number of rotatable bonds is 5. The molecular formula is C20H28N4O2. The molecular weight excluding hydrogens is 328 g/mol. The smallest absolute Gasteiger partial charge is 0.251 e. The molecule has 26 heavy (non-hydrogen) atoms. The van der Waals surface area contributed by atoms with Crippen molar-refractivity contribution in [3.8, 4) is 0 Å². The number of ether oxygens (including phenoxy) is 1.